The highest BCUT2D eigenvalue weighted by Crippen LogP contribution is 2.23. The lowest BCUT2D eigenvalue weighted by molar-refractivity contribution is 0.0920. The predicted molar refractivity (Wildman–Crippen MR) is 124 cm³/mol. The fraction of sp³-hybridized carbons (Fsp3) is 0.261. The fourth-order valence-corrected chi connectivity index (χ4v) is 5.51. The lowest BCUT2D eigenvalue weighted by Crippen LogP contribution is -2.28. The minimum absolute atomic E-state index is 0.104. The molecule has 0 aliphatic heterocycles. The molecule has 0 aliphatic carbocycles. The molecule has 2 aromatic carbocycles. The molecule has 1 atom stereocenters. The van der Waals surface area contributed by atoms with Crippen molar-refractivity contribution >= 4 is 39.1 Å². The van der Waals surface area contributed by atoms with Crippen molar-refractivity contribution < 1.29 is 17.6 Å². The molecular formula is C23H24ClNO4S2. The highest BCUT2D eigenvalue weighted by Gasteiger charge is 2.21. The summed E-state index contributed by atoms with van der Waals surface area (Å²) in [4.78, 5) is 13.8. The van der Waals surface area contributed by atoms with Crippen LogP contribution in [0.1, 0.15) is 28.8 Å². The van der Waals surface area contributed by atoms with Crippen molar-refractivity contribution in [1.29, 1.82) is 0 Å². The second-order valence-electron chi connectivity index (χ2n) is 7.37. The zero-order valence-electron chi connectivity index (χ0n) is 17.3. The van der Waals surface area contributed by atoms with Crippen LogP contribution in [0.4, 0.5) is 0 Å². The summed E-state index contributed by atoms with van der Waals surface area (Å²) in [6.07, 6.45) is 0. The van der Waals surface area contributed by atoms with Gasteiger partial charge >= 0.3 is 0 Å². The van der Waals surface area contributed by atoms with E-state index in [2.05, 4.69) is 5.32 Å². The first-order chi connectivity index (χ1) is 14.7. The maximum Gasteiger partial charge on any atom is 0.287 e. The summed E-state index contributed by atoms with van der Waals surface area (Å²) in [5.41, 5.74) is 0.678. The van der Waals surface area contributed by atoms with Crippen LogP contribution in [-0.4, -0.2) is 26.6 Å². The van der Waals surface area contributed by atoms with Crippen molar-refractivity contribution in [3.63, 3.8) is 0 Å². The van der Waals surface area contributed by atoms with Crippen LogP contribution in [0.5, 0.6) is 0 Å². The number of amides is 1. The molecule has 1 amide bonds. The SMILES string of the molecule is Cc1ccccc1S(=O)(=O)Cc1ccc(C(=O)NCC(C)CSc2ccc(Cl)cc2)o1. The van der Waals surface area contributed by atoms with Crippen LogP contribution in [-0.2, 0) is 15.6 Å². The number of nitrogens with one attached hydrogen (secondary N) is 1. The van der Waals surface area contributed by atoms with Crippen molar-refractivity contribution in [2.24, 2.45) is 5.92 Å². The molecule has 0 bridgehead atoms. The summed E-state index contributed by atoms with van der Waals surface area (Å²) >= 11 is 7.59. The van der Waals surface area contributed by atoms with Crippen molar-refractivity contribution in [2.45, 2.75) is 29.4 Å². The monoisotopic (exact) mass is 477 g/mol. The van der Waals surface area contributed by atoms with E-state index < -0.39 is 9.84 Å². The van der Waals surface area contributed by atoms with E-state index in [1.165, 1.54) is 12.1 Å². The van der Waals surface area contributed by atoms with Crippen LogP contribution >= 0.6 is 23.4 Å². The number of sulfone groups is 1. The first-order valence-electron chi connectivity index (χ1n) is 9.78. The highest BCUT2D eigenvalue weighted by molar-refractivity contribution is 7.99. The lowest BCUT2D eigenvalue weighted by Gasteiger charge is -2.11. The topological polar surface area (TPSA) is 76.4 Å². The minimum atomic E-state index is -3.56. The van der Waals surface area contributed by atoms with Gasteiger partial charge in [-0.3, -0.25) is 4.79 Å². The third-order valence-corrected chi connectivity index (χ3v) is 7.99. The molecule has 31 heavy (non-hydrogen) atoms. The number of carbonyl (C=O) groups is 1. The number of rotatable bonds is 9. The molecule has 0 fully saturated rings. The van der Waals surface area contributed by atoms with Crippen molar-refractivity contribution in [3.05, 3.63) is 82.8 Å². The number of carbonyl (C=O) groups excluding carboxylic acids is 1. The van der Waals surface area contributed by atoms with Crippen LogP contribution in [0.3, 0.4) is 0 Å². The Morgan fingerprint density at radius 1 is 1.10 bits per heavy atom. The normalized spacial score (nSPS) is 12.5. The van der Waals surface area contributed by atoms with Crippen LogP contribution < -0.4 is 5.32 Å². The molecule has 8 heteroatoms. The highest BCUT2D eigenvalue weighted by atomic mass is 35.5. The average Bonchev–Trinajstić information content (AvgIpc) is 3.19. The Balaban J connectivity index is 1.51. The van der Waals surface area contributed by atoms with E-state index in [9.17, 15) is 13.2 Å². The Morgan fingerprint density at radius 3 is 2.52 bits per heavy atom. The molecule has 3 aromatic rings. The first kappa shape index (κ1) is 23.4. The van der Waals surface area contributed by atoms with E-state index in [4.69, 9.17) is 16.0 Å². The van der Waals surface area contributed by atoms with Gasteiger partial charge in [0.2, 0.25) is 0 Å². The molecule has 3 rings (SSSR count). The number of benzene rings is 2. The maximum atomic E-state index is 12.7. The van der Waals surface area contributed by atoms with Gasteiger partial charge in [0.1, 0.15) is 11.5 Å². The summed E-state index contributed by atoms with van der Waals surface area (Å²) in [5, 5.41) is 3.55. The van der Waals surface area contributed by atoms with Crippen LogP contribution in [0.2, 0.25) is 5.02 Å². The Labute approximate surface area is 192 Å². The number of hydrogen-bond donors (Lipinski definition) is 1. The molecule has 0 radical (unpaired) electrons. The van der Waals surface area contributed by atoms with Gasteiger partial charge in [-0.15, -0.1) is 11.8 Å². The third kappa shape index (κ3) is 6.63. The molecule has 1 unspecified atom stereocenters. The molecule has 5 nitrogen and oxygen atoms in total. The standard InChI is InChI=1S/C23H24ClNO4S2/c1-16(14-30-20-10-7-18(24)8-11-20)13-25-23(26)21-12-9-19(29-21)15-31(27,28)22-6-4-3-5-17(22)2/h3-12,16H,13-15H2,1-2H3,(H,25,26). The van der Waals surface area contributed by atoms with Gasteiger partial charge in [0.25, 0.3) is 5.91 Å². The molecule has 1 N–H and O–H groups in total. The van der Waals surface area contributed by atoms with Gasteiger partial charge in [-0.2, -0.15) is 0 Å². The molecule has 1 heterocycles. The van der Waals surface area contributed by atoms with E-state index >= 15 is 0 Å². The number of aryl methyl sites for hydroxylation is 1. The molecule has 0 aliphatic rings. The Morgan fingerprint density at radius 2 is 1.81 bits per heavy atom. The Hall–Kier alpha value is -2.22. The maximum absolute atomic E-state index is 12.7. The lowest BCUT2D eigenvalue weighted by atomic mass is 10.2. The summed E-state index contributed by atoms with van der Waals surface area (Å²) < 4.78 is 30.8. The molecule has 0 saturated heterocycles. The quantitative estimate of drug-likeness (QED) is 0.419. The number of thioether (sulfide) groups is 1. The zero-order chi connectivity index (χ0) is 22.4. The fourth-order valence-electron chi connectivity index (χ4n) is 2.93. The minimum Gasteiger partial charge on any atom is -0.455 e. The number of halogens is 1. The molecule has 1 aromatic heterocycles. The van der Waals surface area contributed by atoms with Crippen molar-refractivity contribution in [2.75, 3.05) is 12.3 Å². The van der Waals surface area contributed by atoms with Gasteiger partial charge in [-0.1, -0.05) is 36.7 Å². The summed E-state index contributed by atoms with van der Waals surface area (Å²) in [6.45, 7) is 4.28. The smallest absolute Gasteiger partial charge is 0.287 e. The molecule has 0 spiro atoms. The summed E-state index contributed by atoms with van der Waals surface area (Å²) in [7, 11) is -3.56. The zero-order valence-corrected chi connectivity index (χ0v) is 19.7. The Kier molecular flexibility index (Phi) is 7.86. The first-order valence-corrected chi connectivity index (χ1v) is 12.8. The van der Waals surface area contributed by atoms with E-state index in [-0.39, 0.29) is 34.0 Å². The summed E-state index contributed by atoms with van der Waals surface area (Å²) in [5.74, 6) is 0.759. The van der Waals surface area contributed by atoms with Crippen LogP contribution in [0.15, 0.2) is 74.9 Å². The predicted octanol–water partition coefficient (Wildman–Crippen LogP) is 5.37. The number of furan rings is 1. The van der Waals surface area contributed by atoms with E-state index in [1.807, 2.05) is 31.2 Å². The van der Waals surface area contributed by atoms with Gasteiger partial charge in [-0.05, 0) is 60.9 Å². The van der Waals surface area contributed by atoms with Gasteiger partial charge in [0, 0.05) is 22.2 Å². The second kappa shape index (κ2) is 10.4. The largest absolute Gasteiger partial charge is 0.455 e. The average molecular weight is 478 g/mol. The van der Waals surface area contributed by atoms with Gasteiger partial charge in [-0.25, -0.2) is 8.42 Å². The summed E-state index contributed by atoms with van der Waals surface area (Å²) in [6, 6.07) is 17.5. The van der Waals surface area contributed by atoms with Gasteiger partial charge in [0.05, 0.1) is 4.90 Å². The third-order valence-electron chi connectivity index (χ3n) is 4.61. The van der Waals surface area contributed by atoms with E-state index in [1.54, 1.807) is 43.0 Å². The van der Waals surface area contributed by atoms with Gasteiger partial charge in [0.15, 0.2) is 15.6 Å². The van der Waals surface area contributed by atoms with Crippen molar-refractivity contribution in [1.82, 2.24) is 5.32 Å². The van der Waals surface area contributed by atoms with Crippen LogP contribution in [0, 0.1) is 12.8 Å². The number of hydrogen-bond acceptors (Lipinski definition) is 5. The Bertz CT molecular complexity index is 1140. The molecule has 164 valence electrons. The van der Waals surface area contributed by atoms with E-state index in [0.717, 1.165) is 10.6 Å². The van der Waals surface area contributed by atoms with Crippen molar-refractivity contribution in [3.8, 4) is 0 Å². The van der Waals surface area contributed by atoms with Crippen LogP contribution in [0.25, 0.3) is 0 Å². The van der Waals surface area contributed by atoms with Gasteiger partial charge < -0.3 is 9.73 Å². The van der Waals surface area contributed by atoms with E-state index in [0.29, 0.717) is 17.1 Å². The second-order valence-corrected chi connectivity index (χ2v) is 10.9. The molecular weight excluding hydrogens is 454 g/mol. The molecule has 0 saturated carbocycles.